The number of carbonyl (C=O) groups is 7. The zero-order chi connectivity index (χ0) is 42.8. The Morgan fingerprint density at radius 2 is 1.57 bits per heavy atom. The summed E-state index contributed by atoms with van der Waals surface area (Å²) in [7, 11) is 0. The van der Waals surface area contributed by atoms with Crippen LogP contribution in [-0.4, -0.2) is 128 Å². The summed E-state index contributed by atoms with van der Waals surface area (Å²) in [6, 6.07) is 0.768. The van der Waals surface area contributed by atoms with Gasteiger partial charge in [-0.15, -0.1) is 0 Å². The maximum Gasteiger partial charge on any atom is 0.329 e. The van der Waals surface area contributed by atoms with E-state index in [4.69, 9.17) is 4.74 Å². The van der Waals surface area contributed by atoms with Gasteiger partial charge in [0.15, 0.2) is 0 Å². The molecule has 16 nitrogen and oxygen atoms in total. The summed E-state index contributed by atoms with van der Waals surface area (Å²) in [5, 5.41) is 8.08. The van der Waals surface area contributed by atoms with Gasteiger partial charge >= 0.3 is 5.97 Å². The lowest BCUT2D eigenvalue weighted by Gasteiger charge is -2.39. The van der Waals surface area contributed by atoms with Crippen LogP contribution in [0, 0.1) is 17.6 Å². The molecule has 2 aromatic carbocycles. The average Bonchev–Trinajstić information content (AvgIpc) is 3.98. The monoisotopic (exact) mass is 832 g/mol. The van der Waals surface area contributed by atoms with Crippen LogP contribution in [0.4, 0.5) is 8.78 Å². The van der Waals surface area contributed by atoms with Crippen molar-refractivity contribution in [2.24, 2.45) is 5.92 Å². The second-order valence-electron chi connectivity index (χ2n) is 16.5. The highest BCUT2D eigenvalue weighted by atomic mass is 19.1. The van der Waals surface area contributed by atoms with E-state index in [1.165, 1.54) is 34.9 Å². The molecule has 0 unspecified atom stereocenters. The van der Waals surface area contributed by atoms with E-state index in [0.717, 1.165) is 12.1 Å². The number of benzene rings is 2. The van der Waals surface area contributed by atoms with Gasteiger partial charge < -0.3 is 40.4 Å². The number of ether oxygens (including phenoxy) is 1. The summed E-state index contributed by atoms with van der Waals surface area (Å²) in [4.78, 5) is 110. The van der Waals surface area contributed by atoms with Crippen molar-refractivity contribution in [3.05, 3.63) is 65.5 Å². The lowest BCUT2D eigenvalue weighted by molar-refractivity contribution is -0.163. The van der Waals surface area contributed by atoms with E-state index in [9.17, 15) is 42.3 Å². The van der Waals surface area contributed by atoms with E-state index in [1.807, 2.05) is 6.92 Å². The van der Waals surface area contributed by atoms with E-state index >= 15 is 0 Å². The van der Waals surface area contributed by atoms with Crippen LogP contribution in [-0.2, 0) is 51.1 Å². The fourth-order valence-electron chi connectivity index (χ4n) is 8.92. The van der Waals surface area contributed by atoms with Gasteiger partial charge in [-0.2, -0.15) is 0 Å². The van der Waals surface area contributed by atoms with Gasteiger partial charge in [0.1, 0.15) is 54.0 Å². The van der Waals surface area contributed by atoms with Gasteiger partial charge in [0, 0.05) is 32.1 Å². The normalized spacial score (nSPS) is 27.2. The Hall–Kier alpha value is -5.94. The largest absolute Gasteiger partial charge is 0.458 e. The zero-order valence-electron chi connectivity index (χ0n) is 33.7. The Kier molecular flexibility index (Phi) is 12.5. The SMILES string of the molecule is C[C@@H]1C[C@H]2C(=O)O[C@@H](C)[C@H](NC(=O)[C@H](Cc3cc(F)cc(F)c3)NC(=O)Cc3ccc4nc[nH]c4c3)C(=O)N3CCC[C@H]3C(=O)N3CCCC[C@H]3C(=O)N[C@@H](C)C(=O)N2C1. The van der Waals surface area contributed by atoms with Crippen molar-refractivity contribution >= 4 is 52.4 Å². The third kappa shape index (κ3) is 9.11. The molecule has 0 spiro atoms. The molecular formula is C42H50F2N8O8. The van der Waals surface area contributed by atoms with Gasteiger partial charge in [-0.1, -0.05) is 13.0 Å². The van der Waals surface area contributed by atoms with Gasteiger partial charge in [0.25, 0.3) is 0 Å². The molecule has 4 saturated heterocycles. The Bertz CT molecular complexity index is 2160. The van der Waals surface area contributed by atoms with Gasteiger partial charge in [0.05, 0.1) is 23.8 Å². The van der Waals surface area contributed by atoms with Crippen molar-refractivity contribution in [3.8, 4) is 0 Å². The standard InChI is InChI=1S/C42H50F2N8O8/c1-22-13-34-42(59)60-24(3)36(41(58)51-12-6-8-33(51)40(57)50-11-5-4-7-32(50)38(55)47-23(2)39(56)52(34)20-22)49-37(54)31(17-26-14-27(43)19-28(44)15-26)48-35(53)18-25-9-10-29-30(16-25)46-21-45-29/h9-10,14-16,19,21-24,31-34,36H,4-8,11-13,17-18,20H2,1-3H3,(H,45,46)(H,47,55)(H,48,53)(H,49,54)/t22-,23+,24+,31+,32+,33+,34+,36+/m1/s1. The number of rotatable bonds is 7. The predicted molar refractivity (Wildman–Crippen MR) is 210 cm³/mol. The first-order valence-electron chi connectivity index (χ1n) is 20.6. The average molecular weight is 833 g/mol. The highest BCUT2D eigenvalue weighted by molar-refractivity contribution is 5.98. The van der Waals surface area contributed by atoms with E-state index in [2.05, 4.69) is 25.9 Å². The fourth-order valence-corrected chi connectivity index (χ4v) is 8.92. The van der Waals surface area contributed by atoms with Crippen LogP contribution in [0.2, 0.25) is 0 Å². The number of halogens is 2. The molecule has 1 aromatic heterocycles. The van der Waals surface area contributed by atoms with Crippen molar-refractivity contribution in [3.63, 3.8) is 0 Å². The smallest absolute Gasteiger partial charge is 0.329 e. The maximum absolute atomic E-state index is 14.7. The molecule has 4 N–H and O–H groups in total. The Morgan fingerprint density at radius 3 is 2.33 bits per heavy atom. The van der Waals surface area contributed by atoms with Crippen LogP contribution in [0.1, 0.15) is 70.4 Å². The highest BCUT2D eigenvalue weighted by Gasteiger charge is 2.47. The van der Waals surface area contributed by atoms with E-state index in [-0.39, 0.29) is 56.8 Å². The summed E-state index contributed by atoms with van der Waals surface area (Å²) >= 11 is 0. The number of amides is 6. The molecule has 3 aromatic rings. The molecule has 320 valence electrons. The molecule has 0 radical (unpaired) electrons. The van der Waals surface area contributed by atoms with Gasteiger partial charge in [-0.25, -0.2) is 18.6 Å². The summed E-state index contributed by atoms with van der Waals surface area (Å²) in [6.45, 7) is 5.38. The van der Waals surface area contributed by atoms with Crippen molar-refractivity contribution in [1.29, 1.82) is 0 Å². The minimum atomic E-state index is -1.61. The molecule has 5 heterocycles. The van der Waals surface area contributed by atoms with Crippen molar-refractivity contribution in [1.82, 2.24) is 40.6 Å². The van der Waals surface area contributed by atoms with Crippen LogP contribution in [0.3, 0.4) is 0 Å². The number of aromatic nitrogens is 2. The number of imidazole rings is 1. The Balaban J connectivity index is 1.21. The quantitative estimate of drug-likeness (QED) is 0.256. The van der Waals surface area contributed by atoms with Crippen molar-refractivity contribution < 1.29 is 47.1 Å². The van der Waals surface area contributed by atoms with Gasteiger partial charge in [0.2, 0.25) is 35.4 Å². The van der Waals surface area contributed by atoms with E-state index in [0.29, 0.717) is 48.3 Å². The molecular weight excluding hydrogens is 783 g/mol. The number of fused-ring (bicyclic) bond motifs is 4. The summed E-state index contributed by atoms with van der Waals surface area (Å²) in [5.41, 5.74) is 1.97. The minimum absolute atomic E-state index is 0.0373. The Labute approximate surface area is 345 Å². The number of nitrogens with zero attached hydrogens (tertiary/aromatic N) is 4. The third-order valence-electron chi connectivity index (χ3n) is 11.9. The van der Waals surface area contributed by atoms with E-state index in [1.54, 1.807) is 18.2 Å². The van der Waals surface area contributed by atoms with E-state index < -0.39 is 95.4 Å². The summed E-state index contributed by atoms with van der Waals surface area (Å²) in [6.07, 6.45) is 2.15. The molecule has 4 aliphatic rings. The second-order valence-corrected chi connectivity index (χ2v) is 16.5. The van der Waals surface area contributed by atoms with Crippen molar-refractivity contribution in [2.45, 2.75) is 114 Å². The molecule has 4 aliphatic heterocycles. The molecule has 18 heteroatoms. The third-order valence-corrected chi connectivity index (χ3v) is 11.9. The number of aromatic amines is 1. The highest BCUT2D eigenvalue weighted by Crippen LogP contribution is 2.29. The molecule has 6 amide bonds. The van der Waals surface area contributed by atoms with Gasteiger partial charge in [-0.3, -0.25) is 28.8 Å². The molecule has 0 aliphatic carbocycles. The lowest BCUT2D eigenvalue weighted by Crippen LogP contribution is -2.63. The number of hydrogen-bond donors (Lipinski definition) is 4. The lowest BCUT2D eigenvalue weighted by atomic mass is 9.99. The van der Waals surface area contributed by atoms with Crippen LogP contribution in [0.5, 0.6) is 0 Å². The Morgan fingerprint density at radius 1 is 0.850 bits per heavy atom. The first-order chi connectivity index (χ1) is 28.7. The molecule has 7 rings (SSSR count). The topological polar surface area (TPSA) is 203 Å². The number of cyclic esters (lactones) is 1. The maximum atomic E-state index is 14.7. The second kappa shape index (κ2) is 17.7. The first-order valence-corrected chi connectivity index (χ1v) is 20.6. The minimum Gasteiger partial charge on any atom is -0.458 e. The van der Waals surface area contributed by atoms with Gasteiger partial charge in [-0.05, 0) is 93.7 Å². The number of esters is 1. The number of H-pyrrole nitrogens is 1. The number of hydrogen-bond acceptors (Lipinski definition) is 9. The van der Waals surface area contributed by atoms with Crippen LogP contribution < -0.4 is 16.0 Å². The number of carbonyl (C=O) groups excluding carboxylic acids is 7. The fraction of sp³-hybridized carbons (Fsp3) is 0.524. The molecule has 60 heavy (non-hydrogen) atoms. The molecule has 8 atom stereocenters. The summed E-state index contributed by atoms with van der Waals surface area (Å²) < 4.78 is 34.7. The molecule has 4 fully saturated rings. The van der Waals surface area contributed by atoms with Crippen LogP contribution in [0.25, 0.3) is 11.0 Å². The molecule has 0 bridgehead atoms. The van der Waals surface area contributed by atoms with Crippen LogP contribution in [0.15, 0.2) is 42.7 Å². The van der Waals surface area contributed by atoms with Crippen molar-refractivity contribution in [2.75, 3.05) is 19.6 Å². The number of piperidine rings is 1. The predicted octanol–water partition coefficient (Wildman–Crippen LogP) is 1.66. The molecule has 0 saturated carbocycles. The zero-order valence-corrected chi connectivity index (χ0v) is 33.7. The number of nitrogens with one attached hydrogen (secondary N) is 4. The first kappa shape index (κ1) is 42.2. The van der Waals surface area contributed by atoms with Crippen LogP contribution >= 0.6 is 0 Å². The summed E-state index contributed by atoms with van der Waals surface area (Å²) in [5.74, 6) is -6.53.